The number of aromatic nitrogens is 2. The number of nitrogens with zero attached hydrogens (tertiary/aromatic N) is 2. The molecule has 0 aliphatic carbocycles. The number of methoxy groups -OCH3 is 1. The van der Waals surface area contributed by atoms with Crippen LogP contribution in [0.1, 0.15) is 29.2 Å². The van der Waals surface area contributed by atoms with Gasteiger partial charge in [-0.05, 0) is 12.8 Å². The molecular formula is C9H12N2O2. The molecular weight excluding hydrogens is 168 g/mol. The second kappa shape index (κ2) is 3.20. The van der Waals surface area contributed by atoms with Crippen LogP contribution < -0.4 is 0 Å². The predicted octanol–water partition coefficient (Wildman–Crippen LogP) is 1.01. The Kier molecular flexibility index (Phi) is 2.04. The Labute approximate surface area is 76.5 Å². The highest BCUT2D eigenvalue weighted by Crippen LogP contribution is 2.14. The first-order chi connectivity index (χ1) is 6.31. The van der Waals surface area contributed by atoms with Crippen LogP contribution >= 0.6 is 0 Å². The number of hydrogen-bond acceptors (Lipinski definition) is 3. The van der Waals surface area contributed by atoms with E-state index in [1.807, 2.05) is 4.57 Å². The van der Waals surface area contributed by atoms with Crippen molar-refractivity contribution in [3.05, 3.63) is 17.7 Å². The van der Waals surface area contributed by atoms with Crippen LogP contribution in [0, 0.1) is 0 Å². The molecule has 1 aromatic rings. The van der Waals surface area contributed by atoms with Gasteiger partial charge in [-0.1, -0.05) is 0 Å². The number of carbonyl (C=O) groups is 1. The summed E-state index contributed by atoms with van der Waals surface area (Å²) in [6, 6.07) is 0. The number of imidazole rings is 1. The zero-order valence-electron chi connectivity index (χ0n) is 7.62. The summed E-state index contributed by atoms with van der Waals surface area (Å²) >= 11 is 0. The Hall–Kier alpha value is -1.32. The fourth-order valence-corrected chi connectivity index (χ4v) is 1.62. The van der Waals surface area contributed by atoms with Crippen molar-refractivity contribution in [1.82, 2.24) is 9.55 Å². The van der Waals surface area contributed by atoms with Crippen molar-refractivity contribution in [2.75, 3.05) is 7.11 Å². The van der Waals surface area contributed by atoms with E-state index in [1.165, 1.54) is 13.5 Å². The molecule has 70 valence electrons. The van der Waals surface area contributed by atoms with E-state index in [9.17, 15) is 4.79 Å². The Bertz CT molecular complexity index is 307. The zero-order valence-corrected chi connectivity index (χ0v) is 7.62. The van der Waals surface area contributed by atoms with E-state index < -0.39 is 0 Å². The molecule has 0 spiro atoms. The van der Waals surface area contributed by atoms with Crippen molar-refractivity contribution in [2.24, 2.45) is 0 Å². The van der Waals surface area contributed by atoms with Gasteiger partial charge in [0.05, 0.1) is 7.11 Å². The van der Waals surface area contributed by atoms with E-state index in [1.54, 1.807) is 6.20 Å². The highest BCUT2D eigenvalue weighted by Gasteiger charge is 2.16. The van der Waals surface area contributed by atoms with E-state index >= 15 is 0 Å². The fraction of sp³-hybridized carbons (Fsp3) is 0.556. The topological polar surface area (TPSA) is 44.1 Å². The molecule has 0 saturated carbocycles. The molecule has 1 aliphatic rings. The van der Waals surface area contributed by atoms with Crippen LogP contribution in [0.5, 0.6) is 0 Å². The molecule has 4 nitrogen and oxygen atoms in total. The average Bonchev–Trinajstić information content (AvgIpc) is 2.59. The minimum atomic E-state index is -0.345. The number of esters is 1. The van der Waals surface area contributed by atoms with Gasteiger partial charge in [0.15, 0.2) is 5.69 Å². The summed E-state index contributed by atoms with van der Waals surface area (Å²) in [4.78, 5) is 15.3. The summed E-state index contributed by atoms with van der Waals surface area (Å²) in [5.74, 6) is 0.661. The Morgan fingerprint density at radius 2 is 2.46 bits per heavy atom. The average molecular weight is 180 g/mol. The molecule has 4 heteroatoms. The molecule has 2 rings (SSSR count). The van der Waals surface area contributed by atoms with Crippen LogP contribution in [0.4, 0.5) is 0 Å². The Morgan fingerprint density at radius 3 is 3.15 bits per heavy atom. The standard InChI is InChI=1S/C9H12N2O2/c1-13-9(12)7-6-11-5-3-2-4-8(11)10-7/h6H,2-5H2,1H3. The first-order valence-electron chi connectivity index (χ1n) is 4.45. The molecule has 1 aromatic heterocycles. The first kappa shape index (κ1) is 8.29. The lowest BCUT2D eigenvalue weighted by atomic mass is 10.2. The molecule has 0 bridgehead atoms. The summed E-state index contributed by atoms with van der Waals surface area (Å²) in [6.45, 7) is 0.972. The lowest BCUT2D eigenvalue weighted by Crippen LogP contribution is -2.08. The number of fused-ring (bicyclic) bond motifs is 1. The van der Waals surface area contributed by atoms with Crippen molar-refractivity contribution in [1.29, 1.82) is 0 Å². The molecule has 0 N–H and O–H groups in total. The normalized spacial score (nSPS) is 15.2. The van der Waals surface area contributed by atoms with Crippen LogP contribution in [0.25, 0.3) is 0 Å². The van der Waals surface area contributed by atoms with Gasteiger partial charge in [-0.15, -0.1) is 0 Å². The molecule has 0 saturated heterocycles. The third-order valence-electron chi connectivity index (χ3n) is 2.30. The molecule has 0 aromatic carbocycles. The smallest absolute Gasteiger partial charge is 0.358 e. The summed E-state index contributed by atoms with van der Waals surface area (Å²) in [7, 11) is 1.38. The van der Waals surface area contributed by atoms with E-state index in [-0.39, 0.29) is 5.97 Å². The molecule has 13 heavy (non-hydrogen) atoms. The maximum atomic E-state index is 11.1. The Balaban J connectivity index is 2.30. The third kappa shape index (κ3) is 1.43. The lowest BCUT2D eigenvalue weighted by Gasteiger charge is -2.11. The molecule has 0 fully saturated rings. The second-order valence-corrected chi connectivity index (χ2v) is 3.18. The number of ether oxygens (including phenoxy) is 1. The van der Waals surface area contributed by atoms with Crippen LogP contribution in [-0.4, -0.2) is 22.6 Å². The van der Waals surface area contributed by atoms with E-state index in [0.29, 0.717) is 5.69 Å². The van der Waals surface area contributed by atoms with Crippen molar-refractivity contribution in [3.63, 3.8) is 0 Å². The van der Waals surface area contributed by atoms with Gasteiger partial charge in [0.2, 0.25) is 0 Å². The van der Waals surface area contributed by atoms with Gasteiger partial charge in [-0.2, -0.15) is 0 Å². The maximum Gasteiger partial charge on any atom is 0.358 e. The summed E-state index contributed by atoms with van der Waals surface area (Å²) in [5, 5.41) is 0. The summed E-state index contributed by atoms with van der Waals surface area (Å²) in [5.41, 5.74) is 0.430. The monoisotopic (exact) mass is 180 g/mol. The van der Waals surface area contributed by atoms with Gasteiger partial charge in [0.1, 0.15) is 5.82 Å². The van der Waals surface area contributed by atoms with Gasteiger partial charge in [0.25, 0.3) is 0 Å². The highest BCUT2D eigenvalue weighted by molar-refractivity contribution is 5.86. The van der Waals surface area contributed by atoms with Crippen LogP contribution in [0.3, 0.4) is 0 Å². The number of hydrogen-bond donors (Lipinski definition) is 0. The van der Waals surface area contributed by atoms with Crippen LogP contribution in [-0.2, 0) is 17.7 Å². The minimum absolute atomic E-state index is 0.345. The SMILES string of the molecule is COC(=O)c1cn2c(n1)CCCC2. The van der Waals surface area contributed by atoms with Crippen molar-refractivity contribution >= 4 is 5.97 Å². The number of rotatable bonds is 1. The minimum Gasteiger partial charge on any atom is -0.464 e. The lowest BCUT2D eigenvalue weighted by molar-refractivity contribution is 0.0594. The summed E-state index contributed by atoms with van der Waals surface area (Å²) in [6.07, 6.45) is 5.08. The van der Waals surface area contributed by atoms with Crippen molar-refractivity contribution in [2.45, 2.75) is 25.8 Å². The van der Waals surface area contributed by atoms with Crippen LogP contribution in [0.15, 0.2) is 6.20 Å². The number of carbonyl (C=O) groups excluding carboxylic acids is 1. The van der Waals surface area contributed by atoms with Gasteiger partial charge < -0.3 is 9.30 Å². The van der Waals surface area contributed by atoms with Crippen molar-refractivity contribution < 1.29 is 9.53 Å². The molecule has 1 aliphatic heterocycles. The van der Waals surface area contributed by atoms with Crippen molar-refractivity contribution in [3.8, 4) is 0 Å². The van der Waals surface area contributed by atoms with E-state index in [0.717, 1.165) is 25.2 Å². The van der Waals surface area contributed by atoms with E-state index in [4.69, 9.17) is 0 Å². The maximum absolute atomic E-state index is 11.1. The summed E-state index contributed by atoms with van der Waals surface area (Å²) < 4.78 is 6.64. The van der Waals surface area contributed by atoms with Gasteiger partial charge in [-0.3, -0.25) is 0 Å². The Morgan fingerprint density at radius 1 is 1.62 bits per heavy atom. The third-order valence-corrected chi connectivity index (χ3v) is 2.30. The van der Waals surface area contributed by atoms with Gasteiger partial charge >= 0.3 is 5.97 Å². The van der Waals surface area contributed by atoms with E-state index in [2.05, 4.69) is 9.72 Å². The van der Waals surface area contributed by atoms with Crippen LogP contribution in [0.2, 0.25) is 0 Å². The first-order valence-corrected chi connectivity index (χ1v) is 4.45. The molecule has 0 atom stereocenters. The quantitative estimate of drug-likeness (QED) is 0.606. The van der Waals surface area contributed by atoms with Gasteiger partial charge in [0, 0.05) is 19.2 Å². The molecule has 2 heterocycles. The molecule has 0 amide bonds. The molecule has 0 radical (unpaired) electrons. The zero-order chi connectivity index (χ0) is 9.26. The number of aryl methyl sites for hydroxylation is 2. The highest BCUT2D eigenvalue weighted by atomic mass is 16.5. The fourth-order valence-electron chi connectivity index (χ4n) is 1.62. The second-order valence-electron chi connectivity index (χ2n) is 3.18. The largest absolute Gasteiger partial charge is 0.464 e. The molecule has 0 unspecified atom stereocenters. The van der Waals surface area contributed by atoms with Gasteiger partial charge in [-0.25, -0.2) is 9.78 Å². The predicted molar refractivity (Wildman–Crippen MR) is 46.5 cm³/mol.